The molecule has 0 radical (unpaired) electrons. The molecule has 1 aromatic carbocycles. The Morgan fingerprint density at radius 1 is 1.57 bits per heavy atom. The molecule has 1 aliphatic heterocycles. The molecule has 7 nitrogen and oxygen atoms in total. The standard InChI is InChI=1S/C14H19N3O4/c1-9(18)11-5-6-16(8-11)14(19)10-3-4-12(15-2)13(7-10)17(20)21/h3-4,7,9,11,15,18H,5-6,8H2,1-2H3. The van der Waals surface area contributed by atoms with Crippen molar-refractivity contribution in [3.05, 3.63) is 33.9 Å². The van der Waals surface area contributed by atoms with Gasteiger partial charge in [-0.25, -0.2) is 0 Å². The van der Waals surface area contributed by atoms with Crippen LogP contribution >= 0.6 is 0 Å². The highest BCUT2D eigenvalue weighted by atomic mass is 16.6. The molecule has 0 saturated carbocycles. The lowest BCUT2D eigenvalue weighted by Gasteiger charge is -2.18. The van der Waals surface area contributed by atoms with Crippen LogP contribution in [0, 0.1) is 16.0 Å². The molecule has 2 rings (SSSR count). The van der Waals surface area contributed by atoms with E-state index in [1.807, 2.05) is 0 Å². The third-order valence-corrected chi connectivity index (χ3v) is 3.90. The number of aliphatic hydroxyl groups is 1. The van der Waals surface area contributed by atoms with Gasteiger partial charge in [-0.1, -0.05) is 0 Å². The van der Waals surface area contributed by atoms with Crippen LogP contribution in [-0.4, -0.2) is 47.1 Å². The van der Waals surface area contributed by atoms with Crippen molar-refractivity contribution in [2.75, 3.05) is 25.5 Å². The minimum absolute atomic E-state index is 0.0699. The van der Waals surface area contributed by atoms with Crippen LogP contribution in [0.15, 0.2) is 18.2 Å². The molecule has 0 aromatic heterocycles. The van der Waals surface area contributed by atoms with Crippen LogP contribution in [0.2, 0.25) is 0 Å². The lowest BCUT2D eigenvalue weighted by molar-refractivity contribution is -0.384. The number of aliphatic hydroxyl groups excluding tert-OH is 1. The zero-order chi connectivity index (χ0) is 15.6. The molecule has 114 valence electrons. The summed E-state index contributed by atoms with van der Waals surface area (Å²) in [6.07, 6.45) is 0.295. The molecular weight excluding hydrogens is 274 g/mol. The van der Waals surface area contributed by atoms with Crippen molar-refractivity contribution in [2.45, 2.75) is 19.4 Å². The quantitative estimate of drug-likeness (QED) is 0.647. The average Bonchev–Trinajstić information content (AvgIpc) is 2.95. The number of carbonyl (C=O) groups is 1. The lowest BCUT2D eigenvalue weighted by atomic mass is 10.0. The van der Waals surface area contributed by atoms with Crippen molar-refractivity contribution in [1.82, 2.24) is 4.90 Å². The predicted molar refractivity (Wildman–Crippen MR) is 78.3 cm³/mol. The fourth-order valence-electron chi connectivity index (χ4n) is 2.58. The number of nitro benzene ring substituents is 1. The van der Waals surface area contributed by atoms with Crippen LogP contribution in [0.5, 0.6) is 0 Å². The van der Waals surface area contributed by atoms with Crippen LogP contribution in [0.25, 0.3) is 0 Å². The Kier molecular flexibility index (Phi) is 4.42. The Balaban J connectivity index is 2.20. The second-order valence-electron chi connectivity index (χ2n) is 5.28. The fraction of sp³-hybridized carbons (Fsp3) is 0.500. The molecule has 2 N–H and O–H groups in total. The third-order valence-electron chi connectivity index (χ3n) is 3.90. The zero-order valence-corrected chi connectivity index (χ0v) is 12.1. The van der Waals surface area contributed by atoms with Gasteiger partial charge in [0, 0.05) is 37.7 Å². The van der Waals surface area contributed by atoms with Crippen LogP contribution < -0.4 is 5.32 Å². The fourth-order valence-corrected chi connectivity index (χ4v) is 2.58. The molecule has 1 saturated heterocycles. The highest BCUT2D eigenvalue weighted by Crippen LogP contribution is 2.27. The van der Waals surface area contributed by atoms with Gasteiger partial charge in [0.15, 0.2) is 0 Å². The molecule has 21 heavy (non-hydrogen) atoms. The summed E-state index contributed by atoms with van der Waals surface area (Å²) >= 11 is 0. The molecule has 0 spiro atoms. The van der Waals surface area contributed by atoms with E-state index in [2.05, 4.69) is 5.32 Å². The summed E-state index contributed by atoms with van der Waals surface area (Å²) in [5.74, 6) is -0.163. The van der Waals surface area contributed by atoms with Gasteiger partial charge in [-0.05, 0) is 25.5 Å². The zero-order valence-electron chi connectivity index (χ0n) is 12.1. The summed E-state index contributed by atoms with van der Waals surface area (Å²) in [5, 5.41) is 23.3. The summed E-state index contributed by atoms with van der Waals surface area (Å²) in [6, 6.07) is 4.41. The molecule has 2 unspecified atom stereocenters. The molecule has 1 amide bonds. The second-order valence-corrected chi connectivity index (χ2v) is 5.28. The minimum Gasteiger partial charge on any atom is -0.393 e. The van der Waals surface area contributed by atoms with Crippen molar-refractivity contribution in [3.63, 3.8) is 0 Å². The van der Waals surface area contributed by atoms with Gasteiger partial charge in [0.25, 0.3) is 11.6 Å². The maximum atomic E-state index is 12.4. The minimum atomic E-state index is -0.509. The van der Waals surface area contributed by atoms with Crippen molar-refractivity contribution in [1.29, 1.82) is 0 Å². The first-order valence-electron chi connectivity index (χ1n) is 6.87. The van der Waals surface area contributed by atoms with Crippen molar-refractivity contribution in [2.24, 2.45) is 5.92 Å². The Morgan fingerprint density at radius 2 is 2.29 bits per heavy atom. The molecule has 1 aromatic rings. The Bertz CT molecular complexity index is 559. The van der Waals surface area contributed by atoms with Crippen LogP contribution in [-0.2, 0) is 0 Å². The van der Waals surface area contributed by atoms with Gasteiger partial charge in [-0.2, -0.15) is 0 Å². The molecule has 1 fully saturated rings. The van der Waals surface area contributed by atoms with E-state index in [0.717, 1.165) is 6.42 Å². The van der Waals surface area contributed by atoms with E-state index >= 15 is 0 Å². The first kappa shape index (κ1) is 15.2. The number of likely N-dealkylation sites (tertiary alicyclic amines) is 1. The maximum absolute atomic E-state index is 12.4. The van der Waals surface area contributed by atoms with E-state index in [1.54, 1.807) is 24.9 Å². The maximum Gasteiger partial charge on any atom is 0.293 e. The Hall–Kier alpha value is -2.15. The first-order chi connectivity index (χ1) is 9.93. The molecule has 1 aliphatic rings. The molecular formula is C14H19N3O4. The highest BCUT2D eigenvalue weighted by Gasteiger charge is 2.30. The predicted octanol–water partition coefficient (Wildman–Crippen LogP) is 1.48. The summed E-state index contributed by atoms with van der Waals surface area (Å²) in [4.78, 5) is 24.5. The number of nitrogens with one attached hydrogen (secondary N) is 1. The number of benzene rings is 1. The number of anilines is 1. The van der Waals surface area contributed by atoms with Gasteiger partial charge in [-0.15, -0.1) is 0 Å². The smallest absolute Gasteiger partial charge is 0.293 e. The molecule has 0 bridgehead atoms. The first-order valence-corrected chi connectivity index (χ1v) is 6.87. The normalized spacial score (nSPS) is 19.4. The van der Waals surface area contributed by atoms with E-state index in [0.29, 0.717) is 24.3 Å². The third kappa shape index (κ3) is 3.13. The molecule has 0 aliphatic carbocycles. The van der Waals surface area contributed by atoms with E-state index in [1.165, 1.54) is 12.1 Å². The topological polar surface area (TPSA) is 95.7 Å². The Labute approximate surface area is 122 Å². The lowest BCUT2D eigenvalue weighted by Crippen LogP contribution is -2.30. The van der Waals surface area contributed by atoms with Crippen molar-refractivity contribution >= 4 is 17.3 Å². The van der Waals surface area contributed by atoms with Crippen LogP contribution in [0.1, 0.15) is 23.7 Å². The average molecular weight is 293 g/mol. The Morgan fingerprint density at radius 3 is 2.81 bits per heavy atom. The largest absolute Gasteiger partial charge is 0.393 e. The van der Waals surface area contributed by atoms with Crippen molar-refractivity contribution < 1.29 is 14.8 Å². The summed E-state index contributed by atoms with van der Waals surface area (Å²) < 4.78 is 0. The summed E-state index contributed by atoms with van der Waals surface area (Å²) in [5.41, 5.74) is 0.557. The number of nitrogens with zero attached hydrogens (tertiary/aromatic N) is 2. The van der Waals surface area contributed by atoms with E-state index in [-0.39, 0.29) is 17.5 Å². The molecule has 2 atom stereocenters. The van der Waals surface area contributed by atoms with E-state index in [9.17, 15) is 20.0 Å². The highest BCUT2D eigenvalue weighted by molar-refractivity contribution is 5.96. The van der Waals surface area contributed by atoms with E-state index < -0.39 is 11.0 Å². The van der Waals surface area contributed by atoms with E-state index in [4.69, 9.17) is 0 Å². The van der Waals surface area contributed by atoms with Gasteiger partial charge >= 0.3 is 0 Å². The SMILES string of the molecule is CNc1ccc(C(=O)N2CCC(C(C)O)C2)cc1[N+](=O)[O-]. The summed E-state index contributed by atoms with van der Waals surface area (Å²) in [6.45, 7) is 2.76. The van der Waals surface area contributed by atoms with Crippen LogP contribution in [0.4, 0.5) is 11.4 Å². The number of hydrogen-bond acceptors (Lipinski definition) is 5. The van der Waals surface area contributed by atoms with Crippen molar-refractivity contribution in [3.8, 4) is 0 Å². The number of amides is 1. The number of carbonyl (C=O) groups excluding carboxylic acids is 1. The van der Waals surface area contributed by atoms with Gasteiger partial charge < -0.3 is 15.3 Å². The number of hydrogen-bond donors (Lipinski definition) is 2. The van der Waals surface area contributed by atoms with Gasteiger partial charge in [0.1, 0.15) is 5.69 Å². The molecule has 7 heteroatoms. The monoisotopic (exact) mass is 293 g/mol. The second kappa shape index (κ2) is 6.09. The number of rotatable bonds is 4. The van der Waals surface area contributed by atoms with Crippen LogP contribution in [0.3, 0.4) is 0 Å². The van der Waals surface area contributed by atoms with Gasteiger partial charge in [-0.3, -0.25) is 14.9 Å². The van der Waals surface area contributed by atoms with Gasteiger partial charge in [0.2, 0.25) is 0 Å². The van der Waals surface area contributed by atoms with Gasteiger partial charge in [0.05, 0.1) is 11.0 Å². The number of nitro groups is 1. The summed E-state index contributed by atoms with van der Waals surface area (Å²) in [7, 11) is 1.59. The molecule has 1 heterocycles.